The van der Waals surface area contributed by atoms with E-state index >= 15 is 0 Å². The van der Waals surface area contributed by atoms with Crippen LogP contribution in [-0.2, 0) is 13.1 Å². The fourth-order valence-electron chi connectivity index (χ4n) is 2.48. The van der Waals surface area contributed by atoms with Gasteiger partial charge in [-0.2, -0.15) is 0 Å². The molecule has 1 N–H and O–H groups in total. The molecule has 0 atom stereocenters. The summed E-state index contributed by atoms with van der Waals surface area (Å²) in [5.41, 5.74) is 1.39. The number of carboxylic acids is 1. The molecule has 1 aromatic heterocycles. The SMILES string of the molecule is COc1cccc(CN(Cc2ccco2)Sc2ccc(C(=O)O)cc2)c1. The smallest absolute Gasteiger partial charge is 0.335 e. The van der Waals surface area contributed by atoms with Crippen molar-refractivity contribution in [1.82, 2.24) is 4.31 Å². The van der Waals surface area contributed by atoms with Crippen molar-refractivity contribution >= 4 is 17.9 Å². The summed E-state index contributed by atoms with van der Waals surface area (Å²) in [5, 5.41) is 9.03. The quantitative estimate of drug-likeness (QED) is 0.581. The Hall–Kier alpha value is -2.70. The van der Waals surface area contributed by atoms with Crippen LogP contribution in [0, 0.1) is 0 Å². The normalized spacial score (nSPS) is 10.8. The first-order chi connectivity index (χ1) is 12.6. The molecule has 0 aliphatic carbocycles. The van der Waals surface area contributed by atoms with Crippen molar-refractivity contribution in [3.8, 4) is 5.75 Å². The monoisotopic (exact) mass is 369 g/mol. The van der Waals surface area contributed by atoms with Crippen LogP contribution in [0.4, 0.5) is 0 Å². The molecule has 0 unspecified atom stereocenters. The van der Waals surface area contributed by atoms with Gasteiger partial charge in [0.05, 0.1) is 25.5 Å². The highest BCUT2D eigenvalue weighted by molar-refractivity contribution is 7.97. The number of hydrogen-bond acceptors (Lipinski definition) is 5. The van der Waals surface area contributed by atoms with Gasteiger partial charge in [0.2, 0.25) is 0 Å². The summed E-state index contributed by atoms with van der Waals surface area (Å²) in [7, 11) is 1.65. The maximum absolute atomic E-state index is 11.0. The van der Waals surface area contributed by atoms with E-state index in [0.717, 1.165) is 22.0 Å². The Balaban J connectivity index is 1.77. The number of benzene rings is 2. The second-order valence-corrected chi connectivity index (χ2v) is 6.82. The molecule has 2 aromatic carbocycles. The molecule has 0 radical (unpaired) electrons. The minimum atomic E-state index is -0.926. The molecule has 134 valence electrons. The first-order valence-corrected chi connectivity index (χ1v) is 8.83. The van der Waals surface area contributed by atoms with Gasteiger partial charge in [0.1, 0.15) is 11.5 Å². The molecular weight excluding hydrogens is 350 g/mol. The van der Waals surface area contributed by atoms with Crippen LogP contribution in [0.2, 0.25) is 0 Å². The molecule has 0 fully saturated rings. The van der Waals surface area contributed by atoms with Crippen LogP contribution in [0.3, 0.4) is 0 Å². The number of carbonyl (C=O) groups is 1. The van der Waals surface area contributed by atoms with Crippen LogP contribution in [0.5, 0.6) is 5.75 Å². The average Bonchev–Trinajstić information content (AvgIpc) is 3.15. The maximum Gasteiger partial charge on any atom is 0.335 e. The number of aromatic carboxylic acids is 1. The highest BCUT2D eigenvalue weighted by Crippen LogP contribution is 2.28. The van der Waals surface area contributed by atoms with E-state index in [0.29, 0.717) is 13.1 Å². The molecule has 3 aromatic rings. The van der Waals surface area contributed by atoms with Gasteiger partial charge in [0.15, 0.2) is 0 Å². The van der Waals surface area contributed by atoms with Gasteiger partial charge in [-0.3, -0.25) is 0 Å². The zero-order valence-electron chi connectivity index (χ0n) is 14.3. The molecule has 0 saturated heterocycles. The largest absolute Gasteiger partial charge is 0.497 e. The van der Waals surface area contributed by atoms with E-state index in [2.05, 4.69) is 4.31 Å². The van der Waals surface area contributed by atoms with E-state index < -0.39 is 5.97 Å². The molecular formula is C20H19NO4S. The van der Waals surface area contributed by atoms with Crippen LogP contribution in [0.15, 0.2) is 76.2 Å². The van der Waals surface area contributed by atoms with Gasteiger partial charge in [-0.05, 0) is 66.0 Å². The van der Waals surface area contributed by atoms with Crippen molar-refractivity contribution in [2.75, 3.05) is 7.11 Å². The molecule has 0 amide bonds. The first-order valence-electron chi connectivity index (χ1n) is 8.05. The van der Waals surface area contributed by atoms with E-state index in [9.17, 15) is 4.79 Å². The highest BCUT2D eigenvalue weighted by Gasteiger charge is 2.12. The van der Waals surface area contributed by atoms with Crippen molar-refractivity contribution < 1.29 is 19.1 Å². The highest BCUT2D eigenvalue weighted by atomic mass is 32.2. The summed E-state index contributed by atoms with van der Waals surface area (Å²) in [6.45, 7) is 1.30. The zero-order valence-corrected chi connectivity index (χ0v) is 15.1. The van der Waals surface area contributed by atoms with Crippen LogP contribution in [0.1, 0.15) is 21.7 Å². The van der Waals surface area contributed by atoms with Crippen LogP contribution in [-0.4, -0.2) is 22.5 Å². The van der Waals surface area contributed by atoms with Crippen molar-refractivity contribution in [3.63, 3.8) is 0 Å². The minimum absolute atomic E-state index is 0.278. The maximum atomic E-state index is 11.0. The summed E-state index contributed by atoms with van der Waals surface area (Å²) < 4.78 is 12.9. The summed E-state index contributed by atoms with van der Waals surface area (Å²) in [4.78, 5) is 12.0. The fourth-order valence-corrected chi connectivity index (χ4v) is 3.44. The Labute approximate surface area is 156 Å². The fraction of sp³-hybridized carbons (Fsp3) is 0.150. The van der Waals surface area contributed by atoms with Gasteiger partial charge < -0.3 is 14.3 Å². The Kier molecular flexibility index (Phi) is 5.99. The third-order valence-corrected chi connectivity index (χ3v) is 4.74. The van der Waals surface area contributed by atoms with Crippen LogP contribution >= 0.6 is 11.9 Å². The van der Waals surface area contributed by atoms with Crippen molar-refractivity contribution in [2.24, 2.45) is 0 Å². The lowest BCUT2D eigenvalue weighted by atomic mass is 10.2. The Bertz CT molecular complexity index is 847. The second-order valence-electron chi connectivity index (χ2n) is 5.65. The van der Waals surface area contributed by atoms with Crippen molar-refractivity contribution in [1.29, 1.82) is 0 Å². The number of carboxylic acid groups (broad SMARTS) is 1. The summed E-state index contributed by atoms with van der Waals surface area (Å²) in [6, 6.07) is 18.6. The number of methoxy groups -OCH3 is 1. The van der Waals surface area contributed by atoms with E-state index in [1.54, 1.807) is 37.5 Å². The zero-order chi connectivity index (χ0) is 18.4. The van der Waals surface area contributed by atoms with Gasteiger partial charge in [0, 0.05) is 11.4 Å². The summed E-state index contributed by atoms with van der Waals surface area (Å²) >= 11 is 1.56. The van der Waals surface area contributed by atoms with E-state index in [4.69, 9.17) is 14.3 Å². The van der Waals surface area contributed by atoms with Crippen LogP contribution in [0.25, 0.3) is 0 Å². The standard InChI is InChI=1S/C20H19NO4S/c1-24-17-5-2-4-15(12-17)13-21(14-18-6-3-11-25-18)26-19-9-7-16(8-10-19)20(22)23/h2-12H,13-14H2,1H3,(H,22,23). The van der Waals surface area contributed by atoms with Gasteiger partial charge in [-0.25, -0.2) is 9.10 Å². The lowest BCUT2D eigenvalue weighted by Crippen LogP contribution is -2.14. The van der Waals surface area contributed by atoms with E-state index in [-0.39, 0.29) is 5.56 Å². The predicted octanol–water partition coefficient (Wildman–Crippen LogP) is 4.70. The Morgan fingerprint density at radius 3 is 2.58 bits per heavy atom. The molecule has 3 rings (SSSR count). The van der Waals surface area contributed by atoms with E-state index in [1.807, 2.05) is 48.5 Å². The lowest BCUT2D eigenvalue weighted by Gasteiger charge is -2.20. The number of hydrogen-bond donors (Lipinski definition) is 1. The third kappa shape index (κ3) is 4.91. The molecule has 26 heavy (non-hydrogen) atoms. The Morgan fingerprint density at radius 1 is 1.12 bits per heavy atom. The molecule has 0 bridgehead atoms. The molecule has 0 spiro atoms. The van der Waals surface area contributed by atoms with Gasteiger partial charge in [0.25, 0.3) is 0 Å². The molecule has 0 aliphatic heterocycles. The molecule has 6 heteroatoms. The number of furan rings is 1. The number of ether oxygens (including phenoxy) is 1. The average molecular weight is 369 g/mol. The van der Waals surface area contributed by atoms with Crippen LogP contribution < -0.4 is 4.74 Å². The van der Waals surface area contributed by atoms with Gasteiger partial charge in [-0.1, -0.05) is 12.1 Å². The third-order valence-electron chi connectivity index (χ3n) is 3.74. The Morgan fingerprint density at radius 2 is 1.92 bits per heavy atom. The number of rotatable bonds is 8. The molecule has 0 aliphatic rings. The molecule has 1 heterocycles. The summed E-state index contributed by atoms with van der Waals surface area (Å²) in [5.74, 6) is 0.754. The minimum Gasteiger partial charge on any atom is -0.497 e. The topological polar surface area (TPSA) is 62.9 Å². The number of nitrogens with zero attached hydrogens (tertiary/aromatic N) is 1. The lowest BCUT2D eigenvalue weighted by molar-refractivity contribution is 0.0697. The van der Waals surface area contributed by atoms with E-state index in [1.165, 1.54) is 0 Å². The molecule has 0 saturated carbocycles. The second kappa shape index (κ2) is 8.60. The first kappa shape index (κ1) is 18.1. The molecule has 5 nitrogen and oxygen atoms in total. The van der Waals surface area contributed by atoms with Gasteiger partial charge in [-0.15, -0.1) is 0 Å². The predicted molar refractivity (Wildman–Crippen MR) is 100 cm³/mol. The summed E-state index contributed by atoms with van der Waals surface area (Å²) in [6.07, 6.45) is 1.66. The van der Waals surface area contributed by atoms with Gasteiger partial charge >= 0.3 is 5.97 Å². The van der Waals surface area contributed by atoms with Crippen molar-refractivity contribution in [3.05, 3.63) is 83.8 Å². The van der Waals surface area contributed by atoms with Crippen molar-refractivity contribution in [2.45, 2.75) is 18.0 Å².